The number of pyridine rings is 1. The molecule has 0 aliphatic rings. The number of furan rings is 1. The molecule has 1 N–H and O–H groups in total. The molecule has 0 radical (unpaired) electrons. The molecule has 3 aromatic rings. The molecular weight excluding hydrogens is 306 g/mol. The van der Waals surface area contributed by atoms with E-state index < -0.39 is 0 Å². The summed E-state index contributed by atoms with van der Waals surface area (Å²) >= 11 is 0. The van der Waals surface area contributed by atoms with Gasteiger partial charge in [-0.1, -0.05) is 12.1 Å². The van der Waals surface area contributed by atoms with E-state index in [1.165, 1.54) is 0 Å². The van der Waals surface area contributed by atoms with Gasteiger partial charge in [0.25, 0.3) is 5.91 Å². The molecule has 0 saturated carbocycles. The minimum atomic E-state index is -0.357. The minimum absolute atomic E-state index is 0.126. The summed E-state index contributed by atoms with van der Waals surface area (Å²) in [5, 5.41) is 11.7. The maximum atomic E-state index is 12.1. The van der Waals surface area contributed by atoms with Crippen LogP contribution in [0, 0.1) is 11.3 Å². The van der Waals surface area contributed by atoms with Gasteiger partial charge in [-0.2, -0.15) is 5.26 Å². The molecular formula is C18H13N3O3. The summed E-state index contributed by atoms with van der Waals surface area (Å²) in [5.41, 5.74) is 1.08. The van der Waals surface area contributed by atoms with Crippen LogP contribution in [-0.2, 0) is 6.61 Å². The molecule has 118 valence electrons. The van der Waals surface area contributed by atoms with Crippen molar-refractivity contribution in [3.05, 3.63) is 78.0 Å². The van der Waals surface area contributed by atoms with E-state index in [1.807, 2.05) is 0 Å². The number of nitrogens with zero attached hydrogens (tertiary/aromatic N) is 2. The summed E-state index contributed by atoms with van der Waals surface area (Å²) in [5.74, 6) is 0.783. The molecule has 2 aromatic heterocycles. The van der Waals surface area contributed by atoms with Crippen LogP contribution in [0.15, 0.2) is 65.3 Å². The van der Waals surface area contributed by atoms with Crippen LogP contribution in [0.3, 0.4) is 0 Å². The lowest BCUT2D eigenvalue weighted by Gasteiger charge is -2.05. The molecule has 0 unspecified atom stereocenters. The summed E-state index contributed by atoms with van der Waals surface area (Å²) in [7, 11) is 0. The van der Waals surface area contributed by atoms with Crippen LogP contribution >= 0.6 is 0 Å². The second kappa shape index (κ2) is 7.11. The van der Waals surface area contributed by atoms with Crippen molar-refractivity contribution < 1.29 is 13.9 Å². The smallest absolute Gasteiger partial charge is 0.291 e. The number of benzene rings is 1. The number of hydrogen-bond acceptors (Lipinski definition) is 5. The van der Waals surface area contributed by atoms with Crippen LogP contribution in [0.2, 0.25) is 0 Å². The Balaban J connectivity index is 1.63. The molecule has 0 fully saturated rings. The van der Waals surface area contributed by atoms with Crippen LogP contribution in [0.4, 0.5) is 5.69 Å². The summed E-state index contributed by atoms with van der Waals surface area (Å²) in [4.78, 5) is 16.0. The van der Waals surface area contributed by atoms with E-state index in [2.05, 4.69) is 16.4 Å². The lowest BCUT2D eigenvalue weighted by atomic mass is 10.2. The molecule has 3 rings (SSSR count). The van der Waals surface area contributed by atoms with Crippen LogP contribution in [0.1, 0.15) is 21.9 Å². The van der Waals surface area contributed by atoms with Gasteiger partial charge in [-0.3, -0.25) is 9.78 Å². The maximum Gasteiger partial charge on any atom is 0.291 e. The molecule has 0 bridgehead atoms. The normalized spacial score (nSPS) is 9.96. The number of nitrogens with one attached hydrogen (secondary N) is 1. The maximum absolute atomic E-state index is 12.1. The zero-order valence-electron chi connectivity index (χ0n) is 12.6. The topological polar surface area (TPSA) is 88.1 Å². The first-order valence-corrected chi connectivity index (χ1v) is 7.18. The van der Waals surface area contributed by atoms with Gasteiger partial charge in [0.2, 0.25) is 0 Å². The molecule has 0 atom stereocenters. The minimum Gasteiger partial charge on any atom is -0.484 e. The lowest BCUT2D eigenvalue weighted by Crippen LogP contribution is -2.10. The van der Waals surface area contributed by atoms with Gasteiger partial charge in [0.15, 0.2) is 5.76 Å². The summed E-state index contributed by atoms with van der Waals surface area (Å²) in [6.45, 7) is 0.126. The molecule has 24 heavy (non-hydrogen) atoms. The van der Waals surface area contributed by atoms with Gasteiger partial charge in [-0.05, 0) is 36.4 Å². The molecule has 0 aliphatic carbocycles. The average molecular weight is 319 g/mol. The van der Waals surface area contributed by atoms with Gasteiger partial charge in [0.1, 0.15) is 24.2 Å². The van der Waals surface area contributed by atoms with Gasteiger partial charge < -0.3 is 14.5 Å². The Bertz CT molecular complexity index is 882. The Morgan fingerprint density at radius 3 is 2.75 bits per heavy atom. The van der Waals surface area contributed by atoms with Crippen molar-refractivity contribution in [1.29, 1.82) is 5.26 Å². The Hall–Kier alpha value is -3.59. The fraction of sp³-hybridized carbons (Fsp3) is 0.0556. The van der Waals surface area contributed by atoms with Crippen LogP contribution < -0.4 is 10.1 Å². The Morgan fingerprint density at radius 2 is 1.96 bits per heavy atom. The number of amides is 1. The first-order chi connectivity index (χ1) is 11.8. The standard InChI is InChI=1S/C18H13N3O3/c19-11-13-3-1-2-4-16(13)23-12-15-5-6-17(24-15)18(22)21-14-7-9-20-10-8-14/h1-10H,12H2,(H,20,21,22). The third-order valence-electron chi connectivity index (χ3n) is 3.20. The summed E-state index contributed by atoms with van der Waals surface area (Å²) in [6.07, 6.45) is 3.17. The largest absolute Gasteiger partial charge is 0.484 e. The van der Waals surface area contributed by atoms with E-state index in [1.54, 1.807) is 60.9 Å². The van der Waals surface area contributed by atoms with Crippen molar-refractivity contribution in [2.24, 2.45) is 0 Å². The Morgan fingerprint density at radius 1 is 1.17 bits per heavy atom. The van der Waals surface area contributed by atoms with Crippen molar-refractivity contribution in [2.75, 3.05) is 5.32 Å². The van der Waals surface area contributed by atoms with Crippen molar-refractivity contribution in [3.63, 3.8) is 0 Å². The number of ether oxygens (including phenoxy) is 1. The van der Waals surface area contributed by atoms with Crippen LogP contribution in [0.25, 0.3) is 0 Å². The van der Waals surface area contributed by atoms with Gasteiger partial charge in [0.05, 0.1) is 5.56 Å². The predicted molar refractivity (Wildman–Crippen MR) is 86.4 cm³/mol. The molecule has 0 saturated heterocycles. The fourth-order valence-electron chi connectivity index (χ4n) is 2.04. The monoisotopic (exact) mass is 319 g/mol. The van der Waals surface area contributed by atoms with E-state index in [9.17, 15) is 4.79 Å². The number of anilines is 1. The van der Waals surface area contributed by atoms with E-state index in [-0.39, 0.29) is 18.3 Å². The zero-order valence-corrected chi connectivity index (χ0v) is 12.6. The predicted octanol–water partition coefficient (Wildman–Crippen LogP) is 3.38. The molecule has 0 spiro atoms. The van der Waals surface area contributed by atoms with E-state index in [0.717, 1.165) is 0 Å². The van der Waals surface area contributed by atoms with Gasteiger partial charge >= 0.3 is 0 Å². The number of hydrogen-bond donors (Lipinski definition) is 1. The Labute approximate surface area is 138 Å². The number of aromatic nitrogens is 1. The van der Waals surface area contributed by atoms with Crippen molar-refractivity contribution in [3.8, 4) is 11.8 Å². The molecule has 2 heterocycles. The third kappa shape index (κ3) is 3.59. The highest BCUT2D eigenvalue weighted by molar-refractivity contribution is 6.02. The van der Waals surface area contributed by atoms with Gasteiger partial charge in [0, 0.05) is 18.1 Å². The number of carbonyl (C=O) groups excluding carboxylic acids is 1. The highest BCUT2D eigenvalue weighted by Gasteiger charge is 2.12. The highest BCUT2D eigenvalue weighted by Crippen LogP contribution is 2.19. The second-order valence-corrected chi connectivity index (χ2v) is 4.85. The number of para-hydroxylation sites is 1. The van der Waals surface area contributed by atoms with E-state index in [0.29, 0.717) is 22.8 Å². The molecule has 1 amide bonds. The lowest BCUT2D eigenvalue weighted by molar-refractivity contribution is 0.0992. The van der Waals surface area contributed by atoms with Crippen LogP contribution in [0.5, 0.6) is 5.75 Å². The van der Waals surface area contributed by atoms with Gasteiger partial charge in [-0.15, -0.1) is 0 Å². The van der Waals surface area contributed by atoms with E-state index in [4.69, 9.17) is 14.4 Å². The summed E-state index contributed by atoms with van der Waals surface area (Å²) < 4.78 is 11.0. The number of rotatable bonds is 5. The SMILES string of the molecule is N#Cc1ccccc1OCc1ccc(C(=O)Nc2ccncc2)o1. The second-order valence-electron chi connectivity index (χ2n) is 4.85. The number of carbonyl (C=O) groups is 1. The molecule has 6 nitrogen and oxygen atoms in total. The first kappa shape index (κ1) is 15.3. The third-order valence-corrected chi connectivity index (χ3v) is 3.20. The average Bonchev–Trinajstić information content (AvgIpc) is 3.10. The summed E-state index contributed by atoms with van der Waals surface area (Å²) in [6, 6.07) is 15.6. The van der Waals surface area contributed by atoms with Crippen LogP contribution in [-0.4, -0.2) is 10.9 Å². The molecule has 6 heteroatoms. The first-order valence-electron chi connectivity index (χ1n) is 7.18. The quantitative estimate of drug-likeness (QED) is 0.779. The van der Waals surface area contributed by atoms with Crippen molar-refractivity contribution in [2.45, 2.75) is 6.61 Å². The number of nitriles is 1. The molecule has 1 aromatic carbocycles. The van der Waals surface area contributed by atoms with Gasteiger partial charge in [-0.25, -0.2) is 0 Å². The fourth-order valence-corrected chi connectivity index (χ4v) is 2.04. The zero-order chi connectivity index (χ0) is 16.8. The molecule has 0 aliphatic heterocycles. The highest BCUT2D eigenvalue weighted by atomic mass is 16.5. The Kier molecular flexibility index (Phi) is 4.54. The van der Waals surface area contributed by atoms with Crippen molar-refractivity contribution in [1.82, 2.24) is 4.98 Å². The van der Waals surface area contributed by atoms with Crippen molar-refractivity contribution >= 4 is 11.6 Å². The van der Waals surface area contributed by atoms with E-state index >= 15 is 0 Å².